The highest BCUT2D eigenvalue weighted by Gasteiger charge is 2.39. The Morgan fingerprint density at radius 1 is 1.37 bits per heavy atom. The van der Waals surface area contributed by atoms with E-state index in [0.717, 1.165) is 31.4 Å². The van der Waals surface area contributed by atoms with E-state index in [2.05, 4.69) is 19.2 Å². The molecule has 0 spiro atoms. The number of thioether (sulfide) groups is 1. The topological polar surface area (TPSA) is 55.4 Å². The number of carbonyl (C=O) groups excluding carboxylic acids is 2. The van der Waals surface area contributed by atoms with Crippen molar-refractivity contribution in [3.63, 3.8) is 0 Å². The van der Waals surface area contributed by atoms with E-state index in [1.165, 1.54) is 0 Å². The maximum Gasteiger partial charge on any atom is 0.330 e. The van der Waals surface area contributed by atoms with Crippen molar-refractivity contribution in [2.24, 2.45) is 0 Å². The average Bonchev–Trinajstić information content (AvgIpc) is 2.36. The first-order valence-electron chi connectivity index (χ1n) is 7.05. The molecule has 0 aromatic heterocycles. The Kier molecular flexibility index (Phi) is 9.74. The van der Waals surface area contributed by atoms with Gasteiger partial charge in [0.1, 0.15) is 6.04 Å². The molecule has 4 nitrogen and oxygen atoms in total. The van der Waals surface area contributed by atoms with E-state index in [1.54, 1.807) is 18.7 Å². The molecule has 19 heavy (non-hydrogen) atoms. The quantitative estimate of drug-likeness (QED) is 0.361. The van der Waals surface area contributed by atoms with E-state index in [1.807, 2.05) is 6.92 Å². The fourth-order valence-electron chi connectivity index (χ4n) is 2.14. The summed E-state index contributed by atoms with van der Waals surface area (Å²) in [6.07, 6.45) is 4.81. The minimum atomic E-state index is -0.577. The molecule has 0 rings (SSSR count). The van der Waals surface area contributed by atoms with Crippen LogP contribution in [0.1, 0.15) is 53.4 Å². The zero-order valence-electron chi connectivity index (χ0n) is 12.5. The summed E-state index contributed by atoms with van der Waals surface area (Å²) in [5.41, 5.74) is 0. The van der Waals surface area contributed by atoms with Gasteiger partial charge < -0.3 is 10.1 Å². The van der Waals surface area contributed by atoms with Crippen molar-refractivity contribution in [2.75, 3.05) is 12.4 Å². The first-order chi connectivity index (χ1) is 9.05. The Morgan fingerprint density at radius 3 is 2.53 bits per heavy atom. The van der Waals surface area contributed by atoms with Crippen molar-refractivity contribution in [3.05, 3.63) is 0 Å². The molecule has 0 radical (unpaired) electrons. The zero-order valence-corrected chi connectivity index (χ0v) is 13.3. The third-order valence-corrected chi connectivity index (χ3v) is 4.51. The molecule has 5 heteroatoms. The van der Waals surface area contributed by atoms with Crippen molar-refractivity contribution in [2.45, 2.75) is 64.2 Å². The Bertz CT molecular complexity index is 273. The molecular formula is C14H27NO3S. The van der Waals surface area contributed by atoms with Gasteiger partial charge in [0, 0.05) is 4.75 Å². The van der Waals surface area contributed by atoms with Crippen LogP contribution in [0.3, 0.4) is 0 Å². The van der Waals surface area contributed by atoms with Crippen molar-refractivity contribution >= 4 is 24.1 Å². The van der Waals surface area contributed by atoms with Crippen LogP contribution in [0.5, 0.6) is 0 Å². The minimum absolute atomic E-state index is 0.308. The molecule has 1 amide bonds. The molecule has 0 aliphatic rings. The third kappa shape index (κ3) is 6.32. The predicted octanol–water partition coefficient (Wildman–Crippen LogP) is 2.76. The lowest BCUT2D eigenvalue weighted by atomic mass is 9.94. The van der Waals surface area contributed by atoms with E-state index < -0.39 is 6.04 Å². The lowest BCUT2D eigenvalue weighted by Gasteiger charge is -2.35. The van der Waals surface area contributed by atoms with Crippen molar-refractivity contribution < 1.29 is 14.3 Å². The highest BCUT2D eigenvalue weighted by molar-refractivity contribution is 8.00. The monoisotopic (exact) mass is 289 g/mol. The zero-order chi connectivity index (χ0) is 14.7. The third-order valence-electron chi connectivity index (χ3n) is 3.12. The largest absolute Gasteiger partial charge is 0.464 e. The van der Waals surface area contributed by atoms with Gasteiger partial charge in [0.25, 0.3) is 0 Å². The minimum Gasteiger partial charge on any atom is -0.464 e. The van der Waals surface area contributed by atoms with E-state index in [9.17, 15) is 9.59 Å². The van der Waals surface area contributed by atoms with E-state index in [4.69, 9.17) is 4.74 Å². The van der Waals surface area contributed by atoms with Gasteiger partial charge >= 0.3 is 5.97 Å². The molecule has 0 aliphatic carbocycles. The first kappa shape index (κ1) is 18.3. The summed E-state index contributed by atoms with van der Waals surface area (Å²) in [5.74, 6) is 0.563. The van der Waals surface area contributed by atoms with Gasteiger partial charge in [-0.25, -0.2) is 4.79 Å². The average molecular weight is 289 g/mol. The molecule has 0 unspecified atom stereocenters. The van der Waals surface area contributed by atoms with Gasteiger partial charge in [-0.3, -0.25) is 4.79 Å². The lowest BCUT2D eigenvalue weighted by molar-refractivity contribution is -0.147. The molecule has 0 fully saturated rings. The number of carbonyl (C=O) groups is 2. The van der Waals surface area contributed by atoms with E-state index in [-0.39, 0.29) is 10.7 Å². The number of nitrogens with one attached hydrogen (secondary N) is 1. The van der Waals surface area contributed by atoms with E-state index >= 15 is 0 Å². The van der Waals surface area contributed by atoms with Gasteiger partial charge in [0.15, 0.2) is 0 Å². The molecule has 0 aromatic rings. The normalized spacial score (nSPS) is 15.4. The molecule has 1 N–H and O–H groups in total. The second-order valence-corrected chi connectivity index (χ2v) is 6.47. The maximum atomic E-state index is 12.0. The molecule has 112 valence electrons. The summed E-state index contributed by atoms with van der Waals surface area (Å²) >= 11 is 1.71. The fourth-order valence-corrected chi connectivity index (χ4v) is 3.42. The Morgan fingerprint density at radius 2 is 2.05 bits per heavy atom. The van der Waals surface area contributed by atoms with Crippen LogP contribution >= 0.6 is 11.8 Å². The molecule has 0 aliphatic heterocycles. The van der Waals surface area contributed by atoms with Crippen molar-refractivity contribution in [1.82, 2.24) is 5.32 Å². The maximum absolute atomic E-state index is 12.0. The first-order valence-corrected chi connectivity index (χ1v) is 8.04. The summed E-state index contributed by atoms with van der Waals surface area (Å²) in [5, 5.41) is 2.64. The van der Waals surface area contributed by atoms with Crippen LogP contribution in [-0.2, 0) is 14.3 Å². The molecule has 0 saturated heterocycles. The Labute approximate surface area is 121 Å². The van der Waals surface area contributed by atoms with Gasteiger partial charge in [-0.1, -0.05) is 33.1 Å². The Hall–Kier alpha value is -0.710. The number of amides is 1. The summed E-state index contributed by atoms with van der Waals surface area (Å²) in [6, 6.07) is -0.577. The Balaban J connectivity index is 4.90. The molecule has 0 aromatic carbocycles. The van der Waals surface area contributed by atoms with Gasteiger partial charge in [0.05, 0.1) is 6.61 Å². The summed E-state index contributed by atoms with van der Waals surface area (Å²) in [7, 11) is 0. The van der Waals surface area contributed by atoms with Gasteiger partial charge in [0.2, 0.25) is 6.41 Å². The van der Waals surface area contributed by atoms with Crippen molar-refractivity contribution in [1.29, 1.82) is 0 Å². The molecule has 2 atom stereocenters. The van der Waals surface area contributed by atoms with E-state index in [0.29, 0.717) is 13.0 Å². The van der Waals surface area contributed by atoms with Gasteiger partial charge in [-0.2, -0.15) is 11.8 Å². The lowest BCUT2D eigenvalue weighted by Crippen LogP contribution is -2.52. The molecule has 0 bridgehead atoms. The van der Waals surface area contributed by atoms with Crippen molar-refractivity contribution in [3.8, 4) is 0 Å². The molecule has 0 saturated carbocycles. The number of ether oxygens (including phenoxy) is 1. The fraction of sp³-hybridized carbons (Fsp3) is 0.857. The number of hydrogen-bond acceptors (Lipinski definition) is 4. The van der Waals surface area contributed by atoms with Gasteiger partial charge in [-0.05, 0) is 26.0 Å². The predicted molar refractivity (Wildman–Crippen MR) is 80.3 cm³/mol. The number of hydrogen-bond donors (Lipinski definition) is 1. The standard InChI is InChI=1S/C14H27NO3S/c1-5-8-9-10-14(4,19-7-3)12(15-11-16)13(17)18-6-2/h11-12H,5-10H2,1-4H3,(H,15,16)/t12-,14-/m1/s1. The van der Waals surface area contributed by atoms with Crippen LogP contribution in [0, 0.1) is 0 Å². The van der Waals surface area contributed by atoms with Crippen LogP contribution < -0.4 is 5.32 Å². The summed E-state index contributed by atoms with van der Waals surface area (Å²) < 4.78 is 4.77. The molecular weight excluding hydrogens is 262 g/mol. The number of esters is 1. The summed E-state index contributed by atoms with van der Waals surface area (Å²) in [4.78, 5) is 22.8. The summed E-state index contributed by atoms with van der Waals surface area (Å²) in [6.45, 7) is 8.35. The highest BCUT2D eigenvalue weighted by Crippen LogP contribution is 2.34. The number of unbranched alkanes of at least 4 members (excludes halogenated alkanes) is 2. The van der Waals surface area contributed by atoms with Crippen LogP contribution in [0.15, 0.2) is 0 Å². The second kappa shape index (κ2) is 10.1. The molecule has 0 heterocycles. The smallest absolute Gasteiger partial charge is 0.330 e. The number of rotatable bonds is 11. The van der Waals surface area contributed by atoms with Crippen LogP contribution in [-0.4, -0.2) is 35.5 Å². The highest BCUT2D eigenvalue weighted by atomic mass is 32.2. The SMILES string of the molecule is CCCCC[C@@](C)(SCC)[C@H](NC=O)C(=O)OCC. The van der Waals surface area contributed by atoms with Gasteiger partial charge in [-0.15, -0.1) is 0 Å². The van der Waals surface area contributed by atoms with Crippen LogP contribution in [0.4, 0.5) is 0 Å². The van der Waals surface area contributed by atoms with Crippen LogP contribution in [0.25, 0.3) is 0 Å². The van der Waals surface area contributed by atoms with Crippen LogP contribution in [0.2, 0.25) is 0 Å². The second-order valence-electron chi connectivity index (χ2n) is 4.67.